The Kier molecular flexibility index (Phi) is 6.43. The molecule has 0 radical (unpaired) electrons. The van der Waals surface area contributed by atoms with Crippen LogP contribution >= 0.6 is 0 Å². The molecule has 164 valence electrons. The van der Waals surface area contributed by atoms with E-state index in [1.54, 1.807) is 0 Å². The largest absolute Gasteiger partial charge is 0.342 e. The van der Waals surface area contributed by atoms with Gasteiger partial charge in [-0.05, 0) is 31.2 Å². The number of piperidine rings is 1. The Morgan fingerprint density at radius 3 is 2.03 bits per heavy atom. The Balaban J connectivity index is 1.44. The van der Waals surface area contributed by atoms with Crippen LogP contribution in [-0.4, -0.2) is 85.7 Å². The molecule has 4 rings (SSSR count). The smallest absolute Gasteiger partial charge is 0.244 e. The second-order valence-electron chi connectivity index (χ2n) is 8.63. The number of benzene rings is 1. The van der Waals surface area contributed by atoms with Crippen LogP contribution in [0.25, 0.3) is 0 Å². The van der Waals surface area contributed by atoms with E-state index in [9.17, 15) is 18.0 Å². The highest BCUT2D eigenvalue weighted by Crippen LogP contribution is 2.28. The number of sulfone groups is 1. The number of hydrogen-bond acceptors (Lipinski definition) is 5. The fourth-order valence-corrected chi connectivity index (χ4v) is 6.07. The molecule has 0 spiro atoms. The van der Waals surface area contributed by atoms with Crippen molar-refractivity contribution in [3.63, 3.8) is 0 Å². The maximum atomic E-state index is 13.5. The van der Waals surface area contributed by atoms with Gasteiger partial charge in [0.25, 0.3) is 0 Å². The number of nitrogens with zero attached hydrogens (tertiary/aromatic N) is 3. The van der Waals surface area contributed by atoms with Gasteiger partial charge in [0, 0.05) is 45.2 Å². The minimum atomic E-state index is -3.02. The van der Waals surface area contributed by atoms with Crippen molar-refractivity contribution < 1.29 is 18.0 Å². The van der Waals surface area contributed by atoms with Crippen LogP contribution in [0.4, 0.5) is 0 Å². The number of amides is 2. The minimum Gasteiger partial charge on any atom is -0.342 e. The number of hydrogen-bond donors (Lipinski definition) is 0. The van der Waals surface area contributed by atoms with Crippen LogP contribution in [0.2, 0.25) is 0 Å². The van der Waals surface area contributed by atoms with Crippen molar-refractivity contribution in [2.75, 3.05) is 50.8 Å². The maximum Gasteiger partial charge on any atom is 0.244 e. The second kappa shape index (κ2) is 9.06. The van der Waals surface area contributed by atoms with Gasteiger partial charge in [-0.2, -0.15) is 0 Å². The molecule has 1 atom stereocenters. The van der Waals surface area contributed by atoms with Gasteiger partial charge in [0.05, 0.1) is 11.5 Å². The molecule has 3 heterocycles. The lowest BCUT2D eigenvalue weighted by atomic mass is 9.94. The highest BCUT2D eigenvalue weighted by molar-refractivity contribution is 7.91. The van der Waals surface area contributed by atoms with Crippen LogP contribution in [0.5, 0.6) is 0 Å². The van der Waals surface area contributed by atoms with E-state index in [2.05, 4.69) is 0 Å². The summed E-state index contributed by atoms with van der Waals surface area (Å²) >= 11 is 0. The van der Waals surface area contributed by atoms with E-state index < -0.39 is 15.9 Å². The minimum absolute atomic E-state index is 0.0162. The number of carbonyl (C=O) groups excluding carboxylic acids is 2. The molecular weight excluding hydrogens is 402 g/mol. The van der Waals surface area contributed by atoms with E-state index in [4.69, 9.17) is 0 Å². The molecule has 2 amide bonds. The molecule has 1 unspecified atom stereocenters. The first-order valence-corrected chi connectivity index (χ1v) is 12.8. The van der Waals surface area contributed by atoms with Crippen molar-refractivity contribution in [2.24, 2.45) is 5.92 Å². The molecule has 3 fully saturated rings. The molecule has 8 heteroatoms. The molecule has 0 bridgehead atoms. The summed E-state index contributed by atoms with van der Waals surface area (Å²) < 4.78 is 23.8. The lowest BCUT2D eigenvalue weighted by molar-refractivity contribution is -0.143. The summed E-state index contributed by atoms with van der Waals surface area (Å²) in [7, 11) is -3.02. The predicted molar refractivity (Wildman–Crippen MR) is 115 cm³/mol. The molecule has 3 aliphatic heterocycles. The van der Waals surface area contributed by atoms with E-state index in [0.717, 1.165) is 31.5 Å². The van der Waals surface area contributed by atoms with Gasteiger partial charge < -0.3 is 9.80 Å². The quantitative estimate of drug-likeness (QED) is 0.716. The standard InChI is InChI=1S/C22H31N3O4S/c26-21(24-10-4-5-11-24)19-8-12-25(13-9-19)22(27)20(18-6-2-1-3-7-18)23-14-16-30(28,29)17-15-23/h1-3,6-7,19-20H,4-5,8-17H2. The van der Waals surface area contributed by atoms with Crippen molar-refractivity contribution in [1.29, 1.82) is 0 Å². The van der Waals surface area contributed by atoms with Crippen molar-refractivity contribution in [3.8, 4) is 0 Å². The lowest BCUT2D eigenvalue weighted by Crippen LogP contribution is -2.51. The summed E-state index contributed by atoms with van der Waals surface area (Å²) in [6, 6.07) is 9.16. The van der Waals surface area contributed by atoms with Crippen LogP contribution in [0, 0.1) is 5.92 Å². The third-order valence-electron chi connectivity index (χ3n) is 6.67. The highest BCUT2D eigenvalue weighted by atomic mass is 32.2. The molecular formula is C22H31N3O4S. The molecule has 3 saturated heterocycles. The number of rotatable bonds is 4. The summed E-state index contributed by atoms with van der Waals surface area (Å²) in [5.41, 5.74) is 0.900. The molecule has 0 aromatic heterocycles. The third-order valence-corrected chi connectivity index (χ3v) is 8.28. The molecule has 30 heavy (non-hydrogen) atoms. The fraction of sp³-hybridized carbons (Fsp3) is 0.636. The van der Waals surface area contributed by atoms with Crippen molar-refractivity contribution >= 4 is 21.7 Å². The number of likely N-dealkylation sites (tertiary alicyclic amines) is 2. The molecule has 0 saturated carbocycles. The zero-order valence-electron chi connectivity index (χ0n) is 17.4. The van der Waals surface area contributed by atoms with Crippen molar-refractivity contribution in [2.45, 2.75) is 31.7 Å². The first-order valence-electron chi connectivity index (χ1n) is 11.0. The molecule has 1 aromatic carbocycles. The third kappa shape index (κ3) is 4.70. The van der Waals surface area contributed by atoms with Crippen molar-refractivity contribution in [3.05, 3.63) is 35.9 Å². The Hall–Kier alpha value is -1.93. The van der Waals surface area contributed by atoms with Gasteiger partial charge in [-0.15, -0.1) is 0 Å². The summed E-state index contributed by atoms with van der Waals surface area (Å²) in [4.78, 5) is 32.1. The Morgan fingerprint density at radius 2 is 1.43 bits per heavy atom. The molecule has 0 aliphatic carbocycles. The lowest BCUT2D eigenvalue weighted by Gasteiger charge is -2.39. The zero-order chi connectivity index (χ0) is 21.1. The average molecular weight is 434 g/mol. The molecule has 1 aromatic rings. The summed E-state index contributed by atoms with van der Waals surface area (Å²) in [6.45, 7) is 3.64. The summed E-state index contributed by atoms with van der Waals surface area (Å²) in [5, 5.41) is 0. The van der Waals surface area contributed by atoms with Gasteiger partial charge in [0.15, 0.2) is 9.84 Å². The molecule has 3 aliphatic rings. The average Bonchev–Trinajstić information content (AvgIpc) is 3.30. The Morgan fingerprint density at radius 1 is 0.833 bits per heavy atom. The van der Waals surface area contributed by atoms with Gasteiger partial charge in [0.2, 0.25) is 11.8 Å². The normalized spacial score (nSPS) is 24.0. The monoisotopic (exact) mass is 433 g/mol. The van der Waals surface area contributed by atoms with E-state index in [0.29, 0.717) is 39.0 Å². The topological polar surface area (TPSA) is 78.0 Å². The van der Waals surface area contributed by atoms with Crippen LogP contribution in [0.1, 0.15) is 37.3 Å². The van der Waals surface area contributed by atoms with Crippen LogP contribution < -0.4 is 0 Å². The highest BCUT2D eigenvalue weighted by Gasteiger charge is 2.37. The van der Waals surface area contributed by atoms with E-state index in [1.807, 2.05) is 45.0 Å². The van der Waals surface area contributed by atoms with Crippen LogP contribution in [0.3, 0.4) is 0 Å². The zero-order valence-corrected chi connectivity index (χ0v) is 18.2. The predicted octanol–water partition coefficient (Wildman–Crippen LogP) is 1.32. The first-order chi connectivity index (χ1) is 14.4. The molecule has 0 N–H and O–H groups in total. The fourth-order valence-electron chi connectivity index (χ4n) is 4.85. The van der Waals surface area contributed by atoms with Crippen LogP contribution in [0.15, 0.2) is 30.3 Å². The van der Waals surface area contributed by atoms with Crippen LogP contribution in [-0.2, 0) is 19.4 Å². The van der Waals surface area contributed by atoms with Gasteiger partial charge in [-0.1, -0.05) is 30.3 Å². The van der Waals surface area contributed by atoms with Gasteiger partial charge >= 0.3 is 0 Å². The van der Waals surface area contributed by atoms with Gasteiger partial charge in [0.1, 0.15) is 6.04 Å². The maximum absolute atomic E-state index is 13.5. The van der Waals surface area contributed by atoms with E-state index in [1.165, 1.54) is 0 Å². The Labute approximate surface area is 178 Å². The summed E-state index contributed by atoms with van der Waals surface area (Å²) in [5.74, 6) is 0.474. The van der Waals surface area contributed by atoms with E-state index >= 15 is 0 Å². The Bertz CT molecular complexity index is 846. The first kappa shape index (κ1) is 21.3. The van der Waals surface area contributed by atoms with Gasteiger partial charge in [-0.25, -0.2) is 8.42 Å². The van der Waals surface area contributed by atoms with E-state index in [-0.39, 0.29) is 29.2 Å². The van der Waals surface area contributed by atoms with Crippen molar-refractivity contribution in [1.82, 2.24) is 14.7 Å². The SMILES string of the molecule is O=C(C1CCN(C(=O)C(c2ccccc2)N2CCS(=O)(=O)CC2)CC1)N1CCCC1. The molecule has 7 nitrogen and oxygen atoms in total. The van der Waals surface area contributed by atoms with Gasteiger partial charge in [-0.3, -0.25) is 14.5 Å². The summed E-state index contributed by atoms with van der Waals surface area (Å²) in [6.07, 6.45) is 3.59. The number of carbonyl (C=O) groups is 2. The second-order valence-corrected chi connectivity index (χ2v) is 10.9.